The van der Waals surface area contributed by atoms with E-state index in [9.17, 15) is 8.60 Å². The van der Waals surface area contributed by atoms with Crippen LogP contribution in [0.2, 0.25) is 0 Å². The molecule has 2 atom stereocenters. The normalized spacial score (nSPS) is 19.1. The van der Waals surface area contributed by atoms with Gasteiger partial charge in [-0.1, -0.05) is 6.07 Å². The number of benzene rings is 1. The van der Waals surface area contributed by atoms with Crippen molar-refractivity contribution in [2.75, 3.05) is 0 Å². The Morgan fingerprint density at radius 2 is 2.12 bits per heavy atom. The number of fused-ring (bicyclic) bond motifs is 1. The number of aromatic nitrogens is 2. The van der Waals surface area contributed by atoms with Gasteiger partial charge >= 0.3 is 0 Å². The van der Waals surface area contributed by atoms with E-state index in [4.69, 9.17) is 0 Å². The fraction of sp³-hybridized carbons (Fsp3) is 0.500. The first kappa shape index (κ1) is 17.3. The first-order valence-corrected chi connectivity index (χ1v) is 9.44. The van der Waals surface area contributed by atoms with Crippen molar-refractivity contribution in [2.45, 2.75) is 57.7 Å². The van der Waals surface area contributed by atoms with Gasteiger partial charge in [0.25, 0.3) is 0 Å². The molecule has 0 amide bonds. The van der Waals surface area contributed by atoms with E-state index in [1.807, 2.05) is 33.8 Å². The first-order valence-electron chi connectivity index (χ1n) is 8.29. The number of aryl methyl sites for hydroxylation is 1. The highest BCUT2D eigenvalue weighted by molar-refractivity contribution is 7.84. The fourth-order valence-corrected chi connectivity index (χ4v) is 3.83. The SMILES string of the molecule is Cc1ccc(F)c(-n2ncc3c2CCC[C@H]3N[S@@](=O)C(C)(C)C)c1. The lowest BCUT2D eigenvalue weighted by atomic mass is 9.93. The summed E-state index contributed by atoms with van der Waals surface area (Å²) in [4.78, 5) is 0. The molecule has 0 radical (unpaired) electrons. The zero-order valence-corrected chi connectivity index (χ0v) is 15.4. The Labute approximate surface area is 145 Å². The predicted molar refractivity (Wildman–Crippen MR) is 95.0 cm³/mol. The van der Waals surface area contributed by atoms with Crippen LogP contribution in [0.4, 0.5) is 4.39 Å². The fourth-order valence-electron chi connectivity index (χ4n) is 2.98. The maximum Gasteiger partial charge on any atom is 0.148 e. The Hall–Kier alpha value is -1.53. The molecule has 1 aliphatic rings. The van der Waals surface area contributed by atoms with Crippen LogP contribution in [0.25, 0.3) is 5.69 Å². The summed E-state index contributed by atoms with van der Waals surface area (Å²) < 4.78 is 31.3. The summed E-state index contributed by atoms with van der Waals surface area (Å²) in [6.07, 6.45) is 4.51. The molecule has 3 rings (SSSR count). The minimum atomic E-state index is -1.15. The van der Waals surface area contributed by atoms with Gasteiger partial charge in [-0.2, -0.15) is 5.10 Å². The van der Waals surface area contributed by atoms with Crippen LogP contribution in [-0.4, -0.2) is 18.7 Å². The van der Waals surface area contributed by atoms with Crippen molar-refractivity contribution >= 4 is 11.0 Å². The lowest BCUT2D eigenvalue weighted by Gasteiger charge is -2.27. The molecule has 1 N–H and O–H groups in total. The van der Waals surface area contributed by atoms with E-state index >= 15 is 0 Å². The molecular weight excluding hydrogens is 325 g/mol. The molecule has 1 heterocycles. The molecule has 0 bridgehead atoms. The molecule has 24 heavy (non-hydrogen) atoms. The van der Waals surface area contributed by atoms with Gasteiger partial charge in [0.1, 0.15) is 11.5 Å². The van der Waals surface area contributed by atoms with Crippen LogP contribution in [0.1, 0.15) is 56.5 Å². The molecule has 0 saturated heterocycles. The molecule has 4 nitrogen and oxygen atoms in total. The number of rotatable bonds is 3. The zero-order valence-electron chi connectivity index (χ0n) is 14.6. The molecule has 6 heteroatoms. The Balaban J connectivity index is 1.96. The average Bonchev–Trinajstić information content (AvgIpc) is 2.93. The quantitative estimate of drug-likeness (QED) is 0.917. The molecule has 1 aromatic heterocycles. The van der Waals surface area contributed by atoms with Crippen molar-refractivity contribution in [1.82, 2.24) is 14.5 Å². The summed E-state index contributed by atoms with van der Waals surface area (Å²) in [7, 11) is -1.15. The van der Waals surface area contributed by atoms with E-state index < -0.39 is 11.0 Å². The largest absolute Gasteiger partial charge is 0.242 e. The van der Waals surface area contributed by atoms with Crippen LogP contribution in [0.3, 0.4) is 0 Å². The van der Waals surface area contributed by atoms with Gasteiger partial charge in [0.05, 0.1) is 21.9 Å². The van der Waals surface area contributed by atoms with E-state index in [1.165, 1.54) is 6.07 Å². The molecule has 0 spiro atoms. The van der Waals surface area contributed by atoms with Gasteiger partial charge in [-0.05, 0) is 64.7 Å². The Kier molecular flexibility index (Phi) is 4.62. The smallest absolute Gasteiger partial charge is 0.148 e. The topological polar surface area (TPSA) is 46.9 Å². The summed E-state index contributed by atoms with van der Waals surface area (Å²) in [5, 5.41) is 4.43. The number of nitrogens with zero attached hydrogens (tertiary/aromatic N) is 2. The summed E-state index contributed by atoms with van der Waals surface area (Å²) in [6, 6.07) is 5.04. The van der Waals surface area contributed by atoms with Crippen LogP contribution in [0.15, 0.2) is 24.4 Å². The van der Waals surface area contributed by atoms with Crippen molar-refractivity contribution in [3.05, 3.63) is 47.0 Å². The van der Waals surface area contributed by atoms with Gasteiger partial charge in [-0.3, -0.25) is 0 Å². The molecular formula is C18H24FN3OS. The summed E-state index contributed by atoms with van der Waals surface area (Å²) >= 11 is 0. The minimum Gasteiger partial charge on any atom is -0.242 e. The first-order chi connectivity index (χ1) is 11.3. The maximum atomic E-state index is 14.2. The van der Waals surface area contributed by atoms with E-state index in [0.717, 1.165) is 36.1 Å². The van der Waals surface area contributed by atoms with Crippen LogP contribution in [0, 0.1) is 12.7 Å². The van der Waals surface area contributed by atoms with Crippen molar-refractivity contribution in [1.29, 1.82) is 0 Å². The van der Waals surface area contributed by atoms with Gasteiger partial charge < -0.3 is 0 Å². The molecule has 0 unspecified atom stereocenters. The zero-order chi connectivity index (χ0) is 17.5. The molecule has 0 saturated carbocycles. The lowest BCUT2D eigenvalue weighted by Crippen LogP contribution is -2.36. The van der Waals surface area contributed by atoms with E-state index in [1.54, 1.807) is 16.9 Å². The monoisotopic (exact) mass is 349 g/mol. The van der Waals surface area contributed by atoms with Crippen molar-refractivity contribution < 1.29 is 8.60 Å². The molecule has 1 aliphatic carbocycles. The van der Waals surface area contributed by atoms with Gasteiger partial charge in [0.2, 0.25) is 0 Å². The standard InChI is InChI=1S/C18H24FN3OS/c1-12-8-9-14(19)17(10-12)22-16-7-5-6-15(13(16)11-20-22)21-24(23)18(2,3)4/h8-11,15,21H,5-7H2,1-4H3/t15-,24+/m1/s1. The van der Waals surface area contributed by atoms with Gasteiger partial charge in [0.15, 0.2) is 0 Å². The maximum absolute atomic E-state index is 14.2. The van der Waals surface area contributed by atoms with Crippen LogP contribution in [0.5, 0.6) is 0 Å². The van der Waals surface area contributed by atoms with E-state index in [2.05, 4.69) is 9.82 Å². The molecule has 0 fully saturated rings. The highest BCUT2D eigenvalue weighted by atomic mass is 32.2. The third-order valence-electron chi connectivity index (χ3n) is 4.32. The Morgan fingerprint density at radius 3 is 2.83 bits per heavy atom. The second-order valence-electron chi connectivity index (χ2n) is 7.36. The Morgan fingerprint density at radius 1 is 1.38 bits per heavy atom. The van der Waals surface area contributed by atoms with Crippen molar-refractivity contribution in [3.63, 3.8) is 0 Å². The lowest BCUT2D eigenvalue weighted by molar-refractivity contribution is 0.514. The second-order valence-corrected chi connectivity index (χ2v) is 9.35. The molecule has 130 valence electrons. The van der Waals surface area contributed by atoms with Crippen molar-refractivity contribution in [3.8, 4) is 5.69 Å². The van der Waals surface area contributed by atoms with Crippen LogP contribution >= 0.6 is 0 Å². The highest BCUT2D eigenvalue weighted by Gasteiger charge is 2.29. The number of halogens is 1. The predicted octanol–water partition coefficient (Wildman–Crippen LogP) is 3.75. The highest BCUT2D eigenvalue weighted by Crippen LogP contribution is 2.32. The van der Waals surface area contributed by atoms with Gasteiger partial charge in [0, 0.05) is 17.3 Å². The molecule has 1 aromatic carbocycles. The van der Waals surface area contributed by atoms with Crippen LogP contribution < -0.4 is 4.72 Å². The second kappa shape index (κ2) is 6.41. The van der Waals surface area contributed by atoms with E-state index in [0.29, 0.717) is 5.69 Å². The summed E-state index contributed by atoms with van der Waals surface area (Å²) in [6.45, 7) is 7.79. The third kappa shape index (κ3) is 3.30. The van der Waals surface area contributed by atoms with Gasteiger partial charge in [-0.25, -0.2) is 18.0 Å². The average molecular weight is 349 g/mol. The van der Waals surface area contributed by atoms with E-state index in [-0.39, 0.29) is 16.6 Å². The number of hydrogen-bond acceptors (Lipinski definition) is 2. The number of nitrogens with one attached hydrogen (secondary N) is 1. The summed E-state index contributed by atoms with van der Waals surface area (Å²) in [5.41, 5.74) is 3.51. The van der Waals surface area contributed by atoms with Gasteiger partial charge in [-0.15, -0.1) is 0 Å². The Bertz CT molecular complexity index is 779. The van der Waals surface area contributed by atoms with Crippen LogP contribution in [-0.2, 0) is 17.4 Å². The molecule has 0 aliphatic heterocycles. The van der Waals surface area contributed by atoms with Crippen molar-refractivity contribution in [2.24, 2.45) is 0 Å². The minimum absolute atomic E-state index is 0.00423. The summed E-state index contributed by atoms with van der Waals surface area (Å²) in [5.74, 6) is -0.278. The third-order valence-corrected chi connectivity index (χ3v) is 5.93. The number of hydrogen-bond donors (Lipinski definition) is 1. The molecule has 2 aromatic rings.